The number of ether oxygens (including phenoxy) is 2. The molecule has 3 heterocycles. The van der Waals surface area contributed by atoms with Gasteiger partial charge in [0.05, 0.1) is 36.9 Å². The monoisotopic (exact) mass is 481 g/mol. The van der Waals surface area contributed by atoms with Gasteiger partial charge in [-0.05, 0) is 55.2 Å². The van der Waals surface area contributed by atoms with Crippen LogP contribution in [0.1, 0.15) is 23.7 Å². The molecule has 0 unspecified atom stereocenters. The highest BCUT2D eigenvalue weighted by Gasteiger charge is 2.25. The Labute approximate surface area is 204 Å². The lowest BCUT2D eigenvalue weighted by atomic mass is 9.90. The van der Waals surface area contributed by atoms with E-state index in [0.717, 1.165) is 71.1 Å². The number of morpholine rings is 1. The van der Waals surface area contributed by atoms with Crippen molar-refractivity contribution >= 4 is 17.7 Å². The molecule has 2 N–H and O–H groups in total. The molecule has 1 saturated heterocycles. The van der Waals surface area contributed by atoms with E-state index >= 15 is 0 Å². The predicted molar refractivity (Wildman–Crippen MR) is 132 cm³/mol. The number of aliphatic carboxylic acids is 2. The first-order valence-electron chi connectivity index (χ1n) is 11.9. The van der Waals surface area contributed by atoms with E-state index in [1.54, 1.807) is 0 Å². The third-order valence-corrected chi connectivity index (χ3v) is 6.36. The van der Waals surface area contributed by atoms with Crippen LogP contribution in [0.5, 0.6) is 5.75 Å². The molecule has 1 aromatic heterocycles. The minimum atomic E-state index is -1.26. The van der Waals surface area contributed by atoms with Gasteiger partial charge in [0, 0.05) is 43.9 Å². The van der Waals surface area contributed by atoms with E-state index in [2.05, 4.69) is 45.6 Å². The average Bonchev–Trinajstić information content (AvgIpc) is 3.24. The summed E-state index contributed by atoms with van der Waals surface area (Å²) < 4.78 is 13.9. The molecule has 1 aliphatic carbocycles. The first kappa shape index (κ1) is 24.7. The Morgan fingerprint density at radius 3 is 2.49 bits per heavy atom. The molecule has 2 aromatic rings. The molecule has 35 heavy (non-hydrogen) atoms. The topological polar surface area (TPSA) is 114 Å². The van der Waals surface area contributed by atoms with Crippen LogP contribution in [0, 0.1) is 0 Å². The fourth-order valence-electron chi connectivity index (χ4n) is 4.67. The molecule has 0 spiro atoms. The first-order valence-corrected chi connectivity index (χ1v) is 11.9. The van der Waals surface area contributed by atoms with Gasteiger partial charge in [0.25, 0.3) is 0 Å². The molecule has 186 valence electrons. The van der Waals surface area contributed by atoms with Gasteiger partial charge in [-0.25, -0.2) is 9.59 Å². The summed E-state index contributed by atoms with van der Waals surface area (Å²) in [6.45, 7) is 9.41. The van der Waals surface area contributed by atoms with Gasteiger partial charge in [-0.3, -0.25) is 9.89 Å². The summed E-state index contributed by atoms with van der Waals surface area (Å²) in [4.78, 5) is 26.1. The fraction of sp³-hybridized carbons (Fsp3) is 0.423. The number of fused-ring (bicyclic) bond motifs is 5. The molecule has 3 aliphatic rings. The first-order chi connectivity index (χ1) is 16.9. The highest BCUT2D eigenvalue weighted by molar-refractivity contribution is 5.99. The lowest BCUT2D eigenvalue weighted by molar-refractivity contribution is -0.134. The van der Waals surface area contributed by atoms with Crippen LogP contribution in [0.4, 0.5) is 0 Å². The van der Waals surface area contributed by atoms with Crippen LogP contribution in [0.25, 0.3) is 11.3 Å². The Morgan fingerprint density at radius 2 is 1.77 bits per heavy atom. The quantitative estimate of drug-likeness (QED) is 0.610. The van der Waals surface area contributed by atoms with Crippen LogP contribution in [0.2, 0.25) is 0 Å². The molecule has 0 saturated carbocycles. The van der Waals surface area contributed by atoms with E-state index in [9.17, 15) is 9.59 Å². The van der Waals surface area contributed by atoms with Gasteiger partial charge in [-0.15, -0.1) is 0 Å². The number of rotatable bonds is 6. The molecule has 0 amide bonds. The maximum absolute atomic E-state index is 9.55. The largest absolute Gasteiger partial charge is 0.492 e. The molecule has 5 rings (SSSR count). The minimum Gasteiger partial charge on any atom is -0.492 e. The number of hydrogen-bond donors (Lipinski definition) is 2. The summed E-state index contributed by atoms with van der Waals surface area (Å²) in [7, 11) is 0. The molecular formula is C26H31N3O6. The maximum atomic E-state index is 9.55. The number of hydrogen-bond acceptors (Lipinski definition) is 6. The Bertz CT molecular complexity index is 1130. The van der Waals surface area contributed by atoms with E-state index in [1.807, 2.05) is 0 Å². The van der Waals surface area contributed by atoms with Gasteiger partial charge in [-0.2, -0.15) is 0 Å². The lowest BCUT2D eigenvalue weighted by Crippen LogP contribution is -2.38. The van der Waals surface area contributed by atoms with Crippen molar-refractivity contribution in [1.29, 1.82) is 0 Å². The zero-order valence-electron chi connectivity index (χ0n) is 19.9. The summed E-state index contributed by atoms with van der Waals surface area (Å²) in [5.74, 6) is -1.52. The number of carbonyl (C=O) groups is 2. The van der Waals surface area contributed by atoms with E-state index in [1.165, 1.54) is 33.8 Å². The van der Waals surface area contributed by atoms with E-state index in [0.29, 0.717) is 12.2 Å². The van der Waals surface area contributed by atoms with Crippen LogP contribution in [-0.4, -0.2) is 83.3 Å². The van der Waals surface area contributed by atoms with Crippen LogP contribution < -0.4 is 4.74 Å². The van der Waals surface area contributed by atoms with Crippen molar-refractivity contribution in [1.82, 2.24) is 9.47 Å². The van der Waals surface area contributed by atoms with Crippen molar-refractivity contribution in [2.45, 2.75) is 26.3 Å². The second kappa shape index (κ2) is 11.3. The average molecular weight is 482 g/mol. The molecule has 9 nitrogen and oxygen atoms in total. The van der Waals surface area contributed by atoms with Crippen LogP contribution in [-0.2, 0) is 33.7 Å². The van der Waals surface area contributed by atoms with E-state index < -0.39 is 11.9 Å². The van der Waals surface area contributed by atoms with Crippen LogP contribution in [0.3, 0.4) is 0 Å². The standard InChI is InChI=1S/C22H27N3O2.C4H4O4/c1-16-21-15-18-3-2-17-14-19(27-13-10-24-8-11-26-12-9-24)4-5-20(17)22(18)25(21)7-6-23-16;5-3(6)1-2-4(7)8/h4-5,14-15H,2-3,6-13H2,1H3;1-2H,(H,5,6)(H,7,8). The molecule has 9 heteroatoms. The molecule has 1 aromatic carbocycles. The van der Waals surface area contributed by atoms with Crippen LogP contribution in [0.15, 0.2) is 41.4 Å². The molecular weight excluding hydrogens is 450 g/mol. The van der Waals surface area contributed by atoms with Gasteiger partial charge in [0.15, 0.2) is 0 Å². The number of carboxylic acid groups (broad SMARTS) is 2. The van der Waals surface area contributed by atoms with Crippen molar-refractivity contribution in [2.24, 2.45) is 4.99 Å². The smallest absolute Gasteiger partial charge is 0.328 e. The Morgan fingerprint density at radius 1 is 1.06 bits per heavy atom. The number of aliphatic imine (C=N–C) groups is 1. The summed E-state index contributed by atoms with van der Waals surface area (Å²) in [5, 5.41) is 15.6. The summed E-state index contributed by atoms with van der Waals surface area (Å²) in [6, 6.07) is 8.99. The number of aromatic nitrogens is 1. The molecule has 0 bridgehead atoms. The maximum Gasteiger partial charge on any atom is 0.328 e. The summed E-state index contributed by atoms with van der Waals surface area (Å²) in [5.41, 5.74) is 8.12. The Hall–Kier alpha value is -3.43. The van der Waals surface area contributed by atoms with Gasteiger partial charge in [0.1, 0.15) is 12.4 Å². The van der Waals surface area contributed by atoms with Crippen molar-refractivity contribution in [3.8, 4) is 17.0 Å². The number of benzene rings is 1. The summed E-state index contributed by atoms with van der Waals surface area (Å²) in [6.07, 6.45) is 3.31. The SMILES string of the molecule is CC1=NCCn2c1cc1c2-c2ccc(OCCN3CCOCC3)cc2CC1.O=C(O)C=CC(=O)O. The van der Waals surface area contributed by atoms with E-state index in [4.69, 9.17) is 19.7 Å². The minimum absolute atomic E-state index is 0.558. The third kappa shape index (κ3) is 6.17. The molecule has 1 fully saturated rings. The van der Waals surface area contributed by atoms with Crippen molar-refractivity contribution < 1.29 is 29.3 Å². The highest BCUT2D eigenvalue weighted by Crippen LogP contribution is 2.38. The zero-order chi connectivity index (χ0) is 24.8. The molecule has 0 radical (unpaired) electrons. The number of carboxylic acids is 2. The van der Waals surface area contributed by atoms with Gasteiger partial charge in [-0.1, -0.05) is 0 Å². The molecule has 0 atom stereocenters. The van der Waals surface area contributed by atoms with Gasteiger partial charge < -0.3 is 24.3 Å². The zero-order valence-corrected chi connectivity index (χ0v) is 19.9. The van der Waals surface area contributed by atoms with Crippen molar-refractivity contribution in [3.63, 3.8) is 0 Å². The van der Waals surface area contributed by atoms with E-state index in [-0.39, 0.29) is 0 Å². The molecule has 2 aliphatic heterocycles. The third-order valence-electron chi connectivity index (χ3n) is 6.36. The van der Waals surface area contributed by atoms with Crippen molar-refractivity contribution in [3.05, 3.63) is 53.2 Å². The van der Waals surface area contributed by atoms with Gasteiger partial charge in [0.2, 0.25) is 0 Å². The number of aryl methyl sites for hydroxylation is 2. The Balaban J connectivity index is 0.000000314. The second-order valence-electron chi connectivity index (χ2n) is 8.65. The lowest BCUT2D eigenvalue weighted by Gasteiger charge is -2.26. The predicted octanol–water partition coefficient (Wildman–Crippen LogP) is 2.50. The van der Waals surface area contributed by atoms with Gasteiger partial charge >= 0.3 is 11.9 Å². The van der Waals surface area contributed by atoms with Crippen LogP contribution >= 0.6 is 0 Å². The normalized spacial score (nSPS) is 16.9. The summed E-state index contributed by atoms with van der Waals surface area (Å²) >= 11 is 0. The highest BCUT2D eigenvalue weighted by atomic mass is 16.5. The van der Waals surface area contributed by atoms with Crippen molar-refractivity contribution in [2.75, 3.05) is 46.0 Å². The fourth-order valence-corrected chi connectivity index (χ4v) is 4.67. The second-order valence-corrected chi connectivity index (χ2v) is 8.65. The number of nitrogens with zero attached hydrogens (tertiary/aromatic N) is 3. The Kier molecular flexibility index (Phi) is 7.99.